The number of nitrogens with zero attached hydrogens (tertiary/aromatic N) is 3. The smallest absolute Gasteiger partial charge is 0.229 e. The highest BCUT2D eigenvalue weighted by Crippen LogP contribution is 2.31. The van der Waals surface area contributed by atoms with Crippen LogP contribution in [0.4, 0.5) is 0 Å². The van der Waals surface area contributed by atoms with E-state index in [2.05, 4.69) is 20.4 Å². The minimum atomic E-state index is 0.429. The van der Waals surface area contributed by atoms with Gasteiger partial charge in [0.05, 0.1) is 0 Å². The first kappa shape index (κ1) is 13.2. The molecule has 0 saturated heterocycles. The van der Waals surface area contributed by atoms with E-state index in [0.29, 0.717) is 18.4 Å². The van der Waals surface area contributed by atoms with Crippen LogP contribution in [-0.2, 0) is 6.42 Å². The third-order valence-electron chi connectivity index (χ3n) is 4.08. The number of hydrogen-bond acceptors (Lipinski definition) is 5. The van der Waals surface area contributed by atoms with Crippen LogP contribution in [-0.4, -0.2) is 28.2 Å². The van der Waals surface area contributed by atoms with Crippen LogP contribution in [0, 0.1) is 0 Å². The van der Waals surface area contributed by atoms with Gasteiger partial charge >= 0.3 is 0 Å². The van der Waals surface area contributed by atoms with Crippen LogP contribution >= 0.6 is 0 Å². The monoisotopic (exact) mass is 272 g/mol. The van der Waals surface area contributed by atoms with Crippen LogP contribution in [0.15, 0.2) is 29.0 Å². The lowest BCUT2D eigenvalue weighted by atomic mass is 9.86. The third kappa shape index (κ3) is 3.04. The molecule has 0 aromatic carbocycles. The minimum absolute atomic E-state index is 0.429. The quantitative estimate of drug-likeness (QED) is 0.925. The highest BCUT2D eigenvalue weighted by atomic mass is 16.5. The number of hydrogen-bond donors (Lipinski definition) is 1. The summed E-state index contributed by atoms with van der Waals surface area (Å²) in [6.07, 6.45) is 8.90. The molecule has 1 aliphatic carbocycles. The van der Waals surface area contributed by atoms with Gasteiger partial charge in [-0.1, -0.05) is 5.16 Å². The Bertz CT molecular complexity index is 532. The Morgan fingerprint density at radius 2 is 1.95 bits per heavy atom. The van der Waals surface area contributed by atoms with Crippen molar-refractivity contribution < 1.29 is 4.52 Å². The predicted octanol–water partition coefficient (Wildman–Crippen LogP) is 2.30. The van der Waals surface area contributed by atoms with Gasteiger partial charge < -0.3 is 9.84 Å². The molecule has 0 atom stereocenters. The van der Waals surface area contributed by atoms with Crippen LogP contribution in [0.1, 0.15) is 48.9 Å². The lowest BCUT2D eigenvalue weighted by molar-refractivity contribution is 0.287. The highest BCUT2D eigenvalue weighted by Gasteiger charge is 2.25. The Morgan fingerprint density at radius 3 is 2.65 bits per heavy atom. The van der Waals surface area contributed by atoms with Gasteiger partial charge in [0.2, 0.25) is 5.89 Å². The molecule has 0 radical (unpaired) electrons. The molecule has 0 bridgehead atoms. The van der Waals surface area contributed by atoms with Gasteiger partial charge in [-0.25, -0.2) is 0 Å². The summed E-state index contributed by atoms with van der Waals surface area (Å²) in [6, 6.07) is 4.60. The maximum atomic E-state index is 5.45. The van der Waals surface area contributed by atoms with Crippen LogP contribution in [0.25, 0.3) is 0 Å². The lowest BCUT2D eigenvalue weighted by Crippen LogP contribution is -2.29. The van der Waals surface area contributed by atoms with Crippen molar-refractivity contribution in [2.24, 2.45) is 0 Å². The fourth-order valence-corrected chi connectivity index (χ4v) is 2.82. The van der Waals surface area contributed by atoms with E-state index in [1.807, 2.05) is 19.2 Å². The maximum absolute atomic E-state index is 5.45. The molecule has 0 unspecified atom stereocenters. The summed E-state index contributed by atoms with van der Waals surface area (Å²) in [6.45, 7) is 0. The van der Waals surface area contributed by atoms with Gasteiger partial charge in [-0.05, 0) is 50.4 Å². The fourth-order valence-electron chi connectivity index (χ4n) is 2.82. The molecule has 2 heterocycles. The molecule has 1 saturated carbocycles. The molecule has 0 spiro atoms. The number of rotatable bonds is 4. The van der Waals surface area contributed by atoms with Gasteiger partial charge in [-0.2, -0.15) is 4.98 Å². The second kappa shape index (κ2) is 6.13. The van der Waals surface area contributed by atoms with Crippen molar-refractivity contribution in [2.45, 2.75) is 44.1 Å². The van der Waals surface area contributed by atoms with Crippen molar-refractivity contribution in [1.82, 2.24) is 20.4 Å². The van der Waals surface area contributed by atoms with Crippen molar-refractivity contribution in [3.63, 3.8) is 0 Å². The van der Waals surface area contributed by atoms with Crippen molar-refractivity contribution in [2.75, 3.05) is 7.05 Å². The van der Waals surface area contributed by atoms with Gasteiger partial charge in [0.25, 0.3) is 0 Å². The topological polar surface area (TPSA) is 63.8 Å². The number of aromatic nitrogens is 3. The normalized spacial score (nSPS) is 22.9. The van der Waals surface area contributed by atoms with Crippen LogP contribution in [0.2, 0.25) is 0 Å². The van der Waals surface area contributed by atoms with Crippen LogP contribution in [0.3, 0.4) is 0 Å². The second-order valence-corrected chi connectivity index (χ2v) is 5.42. The molecular formula is C15H20N4O. The summed E-state index contributed by atoms with van der Waals surface area (Å²) in [5.41, 5.74) is 1.16. The molecule has 1 aliphatic rings. The molecule has 0 aliphatic heterocycles. The third-order valence-corrected chi connectivity index (χ3v) is 4.08. The molecule has 20 heavy (non-hydrogen) atoms. The molecular weight excluding hydrogens is 252 g/mol. The molecule has 1 N–H and O–H groups in total. The van der Waals surface area contributed by atoms with Gasteiger partial charge in [0, 0.05) is 30.8 Å². The zero-order valence-electron chi connectivity index (χ0n) is 11.7. The number of pyridine rings is 1. The minimum Gasteiger partial charge on any atom is -0.339 e. The van der Waals surface area contributed by atoms with Gasteiger partial charge in [0.15, 0.2) is 5.82 Å². The van der Waals surface area contributed by atoms with E-state index >= 15 is 0 Å². The summed E-state index contributed by atoms with van der Waals surface area (Å²) in [4.78, 5) is 8.57. The fraction of sp³-hybridized carbons (Fsp3) is 0.533. The molecule has 2 aromatic rings. The standard InChI is InChI=1S/C15H20N4O/c1-16-13-4-2-12(3-5-13)15-18-14(19-20-15)10-11-6-8-17-9-7-11/h6-9,12-13,16H,2-5,10H2,1H3. The average Bonchev–Trinajstić information content (AvgIpc) is 2.97. The lowest BCUT2D eigenvalue weighted by Gasteiger charge is -2.25. The first-order valence-electron chi connectivity index (χ1n) is 7.24. The Morgan fingerprint density at radius 1 is 1.20 bits per heavy atom. The van der Waals surface area contributed by atoms with E-state index in [-0.39, 0.29) is 0 Å². The van der Waals surface area contributed by atoms with Crippen molar-refractivity contribution >= 4 is 0 Å². The zero-order chi connectivity index (χ0) is 13.8. The van der Waals surface area contributed by atoms with E-state index in [1.54, 1.807) is 12.4 Å². The SMILES string of the molecule is CNC1CCC(c2nc(Cc3ccncc3)no2)CC1. The largest absolute Gasteiger partial charge is 0.339 e. The molecule has 0 amide bonds. The molecule has 1 fully saturated rings. The van der Waals surface area contributed by atoms with Gasteiger partial charge in [-0.15, -0.1) is 0 Å². The highest BCUT2D eigenvalue weighted by molar-refractivity contribution is 5.15. The molecule has 5 nitrogen and oxygen atoms in total. The predicted molar refractivity (Wildman–Crippen MR) is 75.4 cm³/mol. The van der Waals surface area contributed by atoms with E-state index in [1.165, 1.54) is 12.8 Å². The van der Waals surface area contributed by atoms with E-state index in [4.69, 9.17) is 4.52 Å². The second-order valence-electron chi connectivity index (χ2n) is 5.42. The van der Waals surface area contributed by atoms with E-state index in [0.717, 1.165) is 30.1 Å². The summed E-state index contributed by atoms with van der Waals surface area (Å²) in [5.74, 6) is 2.00. The molecule has 2 aromatic heterocycles. The maximum Gasteiger partial charge on any atom is 0.229 e. The van der Waals surface area contributed by atoms with Crippen molar-refractivity contribution in [3.05, 3.63) is 41.8 Å². The zero-order valence-corrected chi connectivity index (χ0v) is 11.7. The van der Waals surface area contributed by atoms with Gasteiger partial charge in [0.1, 0.15) is 0 Å². The Hall–Kier alpha value is -1.75. The molecule has 106 valence electrons. The molecule has 5 heteroatoms. The van der Waals surface area contributed by atoms with Crippen LogP contribution < -0.4 is 5.32 Å². The van der Waals surface area contributed by atoms with Crippen LogP contribution in [0.5, 0.6) is 0 Å². The summed E-state index contributed by atoms with van der Waals surface area (Å²) >= 11 is 0. The first-order chi connectivity index (χ1) is 9.85. The summed E-state index contributed by atoms with van der Waals surface area (Å²) in [5, 5.41) is 7.44. The van der Waals surface area contributed by atoms with Crippen molar-refractivity contribution in [1.29, 1.82) is 0 Å². The average molecular weight is 272 g/mol. The Kier molecular flexibility index (Phi) is 4.06. The molecule has 3 rings (SSSR count). The van der Waals surface area contributed by atoms with Crippen molar-refractivity contribution in [3.8, 4) is 0 Å². The van der Waals surface area contributed by atoms with E-state index in [9.17, 15) is 0 Å². The Balaban J connectivity index is 1.62. The van der Waals surface area contributed by atoms with E-state index < -0.39 is 0 Å². The van der Waals surface area contributed by atoms with Gasteiger partial charge in [-0.3, -0.25) is 4.98 Å². The summed E-state index contributed by atoms with van der Waals surface area (Å²) in [7, 11) is 2.03. The Labute approximate surface area is 118 Å². The first-order valence-corrected chi connectivity index (χ1v) is 7.24. The summed E-state index contributed by atoms with van der Waals surface area (Å²) < 4.78 is 5.45. The number of nitrogens with one attached hydrogen (secondary N) is 1.